The molecular weight excluding hydrogens is 228 g/mol. The fourth-order valence-electron chi connectivity index (χ4n) is 1.71. The van der Waals surface area contributed by atoms with Crippen molar-refractivity contribution in [3.05, 3.63) is 24.3 Å². The van der Waals surface area contributed by atoms with Crippen LogP contribution < -0.4 is 5.32 Å². The van der Waals surface area contributed by atoms with E-state index in [1.165, 1.54) is 12.8 Å². The fraction of sp³-hybridized carbons (Fsp3) is 0.500. The van der Waals surface area contributed by atoms with Crippen molar-refractivity contribution in [1.29, 1.82) is 0 Å². The van der Waals surface area contributed by atoms with E-state index in [1.807, 2.05) is 12.3 Å². The molecule has 2 aromatic heterocycles. The average Bonchev–Trinajstić information content (AvgIpc) is 3.11. The third-order valence-electron chi connectivity index (χ3n) is 2.83. The SMILES string of the molecule is CCCNc1nc(C2CC2)nc(-n2cccn2)n1. The summed E-state index contributed by atoms with van der Waals surface area (Å²) in [6.07, 6.45) is 6.96. The minimum Gasteiger partial charge on any atom is -0.354 e. The third-order valence-corrected chi connectivity index (χ3v) is 2.83. The maximum Gasteiger partial charge on any atom is 0.255 e. The third kappa shape index (κ3) is 2.32. The summed E-state index contributed by atoms with van der Waals surface area (Å²) in [6.45, 7) is 2.98. The first-order valence-corrected chi connectivity index (χ1v) is 6.36. The normalized spacial score (nSPS) is 14.7. The Bertz CT molecular complexity index is 517. The number of hydrogen-bond donors (Lipinski definition) is 1. The van der Waals surface area contributed by atoms with Gasteiger partial charge in [0.1, 0.15) is 5.82 Å². The van der Waals surface area contributed by atoms with Crippen molar-refractivity contribution in [1.82, 2.24) is 24.7 Å². The second kappa shape index (κ2) is 4.72. The number of aromatic nitrogens is 5. The van der Waals surface area contributed by atoms with Gasteiger partial charge in [0.05, 0.1) is 0 Å². The maximum absolute atomic E-state index is 4.48. The Balaban J connectivity index is 1.94. The molecule has 1 aliphatic carbocycles. The predicted octanol–water partition coefficient (Wildman–Crippen LogP) is 1.76. The second-order valence-corrected chi connectivity index (χ2v) is 4.47. The average molecular weight is 244 g/mol. The van der Waals surface area contributed by atoms with E-state index in [-0.39, 0.29) is 0 Å². The van der Waals surface area contributed by atoms with Crippen molar-refractivity contribution >= 4 is 5.95 Å². The van der Waals surface area contributed by atoms with E-state index >= 15 is 0 Å². The van der Waals surface area contributed by atoms with Gasteiger partial charge in [0.25, 0.3) is 5.95 Å². The maximum atomic E-state index is 4.48. The molecular formula is C12H16N6. The van der Waals surface area contributed by atoms with Gasteiger partial charge in [-0.25, -0.2) is 4.68 Å². The highest BCUT2D eigenvalue weighted by Crippen LogP contribution is 2.38. The zero-order valence-corrected chi connectivity index (χ0v) is 10.4. The van der Waals surface area contributed by atoms with Gasteiger partial charge in [0.15, 0.2) is 0 Å². The van der Waals surface area contributed by atoms with E-state index < -0.39 is 0 Å². The lowest BCUT2D eigenvalue weighted by Gasteiger charge is -2.07. The van der Waals surface area contributed by atoms with Crippen molar-refractivity contribution in [2.24, 2.45) is 0 Å². The van der Waals surface area contributed by atoms with E-state index in [2.05, 4.69) is 32.3 Å². The van der Waals surface area contributed by atoms with Gasteiger partial charge >= 0.3 is 0 Å². The Morgan fingerprint density at radius 2 is 2.22 bits per heavy atom. The van der Waals surface area contributed by atoms with Crippen LogP contribution in [-0.4, -0.2) is 31.3 Å². The molecule has 0 aliphatic heterocycles. The van der Waals surface area contributed by atoms with Crippen LogP contribution in [0, 0.1) is 0 Å². The quantitative estimate of drug-likeness (QED) is 0.867. The van der Waals surface area contributed by atoms with Crippen LogP contribution in [0.3, 0.4) is 0 Å². The molecule has 3 rings (SSSR count). The number of rotatable bonds is 5. The topological polar surface area (TPSA) is 68.5 Å². The molecule has 1 N–H and O–H groups in total. The highest BCUT2D eigenvalue weighted by Gasteiger charge is 2.28. The zero-order chi connectivity index (χ0) is 12.4. The minimum atomic E-state index is 0.504. The van der Waals surface area contributed by atoms with Crippen molar-refractivity contribution in [2.45, 2.75) is 32.1 Å². The Morgan fingerprint density at radius 1 is 1.33 bits per heavy atom. The number of anilines is 1. The number of nitrogens with one attached hydrogen (secondary N) is 1. The van der Waals surface area contributed by atoms with Crippen LogP contribution in [0.5, 0.6) is 0 Å². The van der Waals surface area contributed by atoms with Crippen LogP contribution in [0.15, 0.2) is 18.5 Å². The summed E-state index contributed by atoms with van der Waals surface area (Å²) < 4.78 is 1.67. The predicted molar refractivity (Wildman–Crippen MR) is 67.7 cm³/mol. The summed E-state index contributed by atoms with van der Waals surface area (Å²) in [6, 6.07) is 1.86. The molecule has 0 bridgehead atoms. The van der Waals surface area contributed by atoms with Crippen LogP contribution >= 0.6 is 0 Å². The summed E-state index contributed by atoms with van der Waals surface area (Å²) in [5.74, 6) is 2.63. The monoisotopic (exact) mass is 244 g/mol. The van der Waals surface area contributed by atoms with Crippen molar-refractivity contribution in [2.75, 3.05) is 11.9 Å². The molecule has 0 unspecified atom stereocenters. The molecule has 0 atom stereocenters. The molecule has 6 heteroatoms. The molecule has 1 saturated carbocycles. The Labute approximate surface area is 105 Å². The van der Waals surface area contributed by atoms with E-state index in [9.17, 15) is 0 Å². The molecule has 0 aromatic carbocycles. The fourth-order valence-corrected chi connectivity index (χ4v) is 1.71. The van der Waals surface area contributed by atoms with Gasteiger partial charge in [-0.2, -0.15) is 20.1 Å². The van der Waals surface area contributed by atoms with Gasteiger partial charge in [-0.05, 0) is 25.3 Å². The Hall–Kier alpha value is -1.98. The van der Waals surface area contributed by atoms with Gasteiger partial charge in [-0.3, -0.25) is 0 Å². The molecule has 0 radical (unpaired) electrons. The lowest BCUT2D eigenvalue weighted by Crippen LogP contribution is -2.12. The Morgan fingerprint density at radius 3 is 2.89 bits per heavy atom. The van der Waals surface area contributed by atoms with E-state index in [0.29, 0.717) is 17.8 Å². The second-order valence-electron chi connectivity index (χ2n) is 4.47. The van der Waals surface area contributed by atoms with Crippen LogP contribution in [-0.2, 0) is 0 Å². The molecule has 2 aromatic rings. The first-order chi connectivity index (χ1) is 8.86. The highest BCUT2D eigenvalue weighted by atomic mass is 15.4. The molecule has 1 aliphatic rings. The standard InChI is InChI=1S/C12H16N6/c1-2-6-13-11-15-10(9-4-5-9)16-12(17-11)18-8-3-7-14-18/h3,7-9H,2,4-6H2,1H3,(H,13,15,16,17). The molecule has 0 saturated heterocycles. The van der Waals surface area contributed by atoms with Crippen LogP contribution in [0.1, 0.15) is 37.9 Å². The molecule has 0 amide bonds. The molecule has 1 fully saturated rings. The summed E-state index contributed by atoms with van der Waals surface area (Å²) in [5, 5.41) is 7.38. The molecule has 18 heavy (non-hydrogen) atoms. The van der Waals surface area contributed by atoms with Gasteiger partial charge in [0.2, 0.25) is 5.95 Å². The van der Waals surface area contributed by atoms with E-state index in [4.69, 9.17) is 0 Å². The molecule has 2 heterocycles. The minimum absolute atomic E-state index is 0.504. The van der Waals surface area contributed by atoms with Gasteiger partial charge < -0.3 is 5.32 Å². The first-order valence-electron chi connectivity index (χ1n) is 6.36. The van der Waals surface area contributed by atoms with Gasteiger partial charge in [0, 0.05) is 24.9 Å². The first kappa shape index (κ1) is 11.1. The summed E-state index contributed by atoms with van der Waals surface area (Å²) in [4.78, 5) is 13.3. The summed E-state index contributed by atoms with van der Waals surface area (Å²) in [7, 11) is 0. The molecule has 0 spiro atoms. The summed E-state index contributed by atoms with van der Waals surface area (Å²) in [5.41, 5.74) is 0. The van der Waals surface area contributed by atoms with Crippen LogP contribution in [0.4, 0.5) is 5.95 Å². The van der Waals surface area contributed by atoms with Crippen molar-refractivity contribution < 1.29 is 0 Å². The molecule has 94 valence electrons. The Kier molecular flexibility index (Phi) is 2.92. The van der Waals surface area contributed by atoms with Crippen LogP contribution in [0.2, 0.25) is 0 Å². The van der Waals surface area contributed by atoms with Gasteiger partial charge in [-0.15, -0.1) is 0 Å². The number of nitrogens with zero attached hydrogens (tertiary/aromatic N) is 5. The van der Waals surface area contributed by atoms with Crippen LogP contribution in [0.25, 0.3) is 5.95 Å². The van der Waals surface area contributed by atoms with E-state index in [0.717, 1.165) is 18.8 Å². The lowest BCUT2D eigenvalue weighted by molar-refractivity contribution is 0.764. The smallest absolute Gasteiger partial charge is 0.255 e. The van der Waals surface area contributed by atoms with E-state index in [1.54, 1.807) is 10.9 Å². The van der Waals surface area contributed by atoms with Crippen molar-refractivity contribution in [3.63, 3.8) is 0 Å². The number of hydrogen-bond acceptors (Lipinski definition) is 5. The van der Waals surface area contributed by atoms with Crippen molar-refractivity contribution in [3.8, 4) is 5.95 Å². The van der Waals surface area contributed by atoms with Gasteiger partial charge in [-0.1, -0.05) is 6.92 Å². The highest BCUT2D eigenvalue weighted by molar-refractivity contribution is 5.30. The zero-order valence-electron chi connectivity index (χ0n) is 10.4. The lowest BCUT2D eigenvalue weighted by atomic mass is 10.4. The summed E-state index contributed by atoms with van der Waals surface area (Å²) >= 11 is 0. The largest absolute Gasteiger partial charge is 0.354 e. The molecule has 6 nitrogen and oxygen atoms in total.